The number of benzene rings is 3. The van der Waals surface area contributed by atoms with Crippen molar-refractivity contribution in [2.75, 3.05) is 36.4 Å². The molecule has 4 rings (SSSR count). The standard InChI is InChI=1S/C30H33FN4O3/c1-3-26(23-7-5-4-6-8-23)30(38)35-17-15-34(16-18-35)28-14-13-25(33-21(2)36)19-27(28)29(37)32-20-22-9-11-24(31)12-10-22/h4-14,19,26H,3,15-18,20H2,1-2H3,(H,32,37)(H,33,36)/t26-/m1/s1. The Labute approximate surface area is 222 Å². The molecule has 1 atom stereocenters. The van der Waals surface area contributed by atoms with E-state index in [1.807, 2.05) is 48.2 Å². The highest BCUT2D eigenvalue weighted by Gasteiger charge is 2.29. The minimum Gasteiger partial charge on any atom is -0.367 e. The molecule has 0 spiro atoms. The van der Waals surface area contributed by atoms with Crippen molar-refractivity contribution in [2.24, 2.45) is 0 Å². The Bertz CT molecular complexity index is 1270. The number of anilines is 2. The Morgan fingerprint density at radius 1 is 0.921 bits per heavy atom. The summed E-state index contributed by atoms with van der Waals surface area (Å²) in [5.41, 5.74) is 3.48. The van der Waals surface area contributed by atoms with E-state index in [1.54, 1.807) is 24.3 Å². The highest BCUT2D eigenvalue weighted by atomic mass is 19.1. The predicted molar refractivity (Wildman–Crippen MR) is 147 cm³/mol. The molecule has 3 amide bonds. The second-order valence-corrected chi connectivity index (χ2v) is 9.41. The van der Waals surface area contributed by atoms with Crippen LogP contribution in [0.5, 0.6) is 0 Å². The molecular weight excluding hydrogens is 483 g/mol. The molecule has 1 aliphatic heterocycles. The molecule has 0 radical (unpaired) electrons. The summed E-state index contributed by atoms with van der Waals surface area (Å²) < 4.78 is 13.2. The van der Waals surface area contributed by atoms with Crippen molar-refractivity contribution >= 4 is 29.1 Å². The minimum atomic E-state index is -0.336. The van der Waals surface area contributed by atoms with Gasteiger partial charge in [0.05, 0.1) is 11.5 Å². The van der Waals surface area contributed by atoms with Gasteiger partial charge in [0.1, 0.15) is 5.82 Å². The van der Waals surface area contributed by atoms with Crippen molar-refractivity contribution in [3.05, 3.63) is 95.3 Å². The van der Waals surface area contributed by atoms with Crippen LogP contribution < -0.4 is 15.5 Å². The number of piperazine rings is 1. The summed E-state index contributed by atoms with van der Waals surface area (Å²) >= 11 is 0. The van der Waals surface area contributed by atoms with Crippen molar-refractivity contribution in [3.8, 4) is 0 Å². The first-order valence-corrected chi connectivity index (χ1v) is 12.9. The van der Waals surface area contributed by atoms with E-state index in [4.69, 9.17) is 0 Å². The van der Waals surface area contributed by atoms with E-state index in [0.717, 1.165) is 23.2 Å². The molecule has 7 nitrogen and oxygen atoms in total. The van der Waals surface area contributed by atoms with E-state index in [-0.39, 0.29) is 36.0 Å². The van der Waals surface area contributed by atoms with Gasteiger partial charge in [0, 0.05) is 51.0 Å². The summed E-state index contributed by atoms with van der Waals surface area (Å²) in [5, 5.41) is 5.63. The largest absolute Gasteiger partial charge is 0.367 e. The molecule has 0 aliphatic carbocycles. The average molecular weight is 517 g/mol. The molecule has 1 aliphatic rings. The lowest BCUT2D eigenvalue weighted by molar-refractivity contribution is -0.133. The first kappa shape index (κ1) is 26.9. The van der Waals surface area contributed by atoms with E-state index in [1.165, 1.54) is 19.1 Å². The van der Waals surface area contributed by atoms with Crippen LogP contribution in [0.4, 0.5) is 15.8 Å². The molecule has 2 N–H and O–H groups in total. The van der Waals surface area contributed by atoms with Crippen LogP contribution in [-0.4, -0.2) is 48.8 Å². The summed E-state index contributed by atoms with van der Waals surface area (Å²) in [6.07, 6.45) is 0.728. The molecule has 1 saturated heterocycles. The summed E-state index contributed by atoms with van der Waals surface area (Å²) in [6, 6.07) is 21.1. The van der Waals surface area contributed by atoms with Gasteiger partial charge in [0.2, 0.25) is 11.8 Å². The lowest BCUT2D eigenvalue weighted by Crippen LogP contribution is -2.50. The lowest BCUT2D eigenvalue weighted by Gasteiger charge is -2.38. The van der Waals surface area contributed by atoms with E-state index < -0.39 is 0 Å². The van der Waals surface area contributed by atoms with E-state index >= 15 is 0 Å². The molecule has 0 bridgehead atoms. The quantitative estimate of drug-likeness (QED) is 0.460. The number of hydrogen-bond donors (Lipinski definition) is 2. The predicted octanol–water partition coefficient (Wildman–Crippen LogP) is 4.56. The van der Waals surface area contributed by atoms with Gasteiger partial charge in [0.15, 0.2) is 0 Å². The van der Waals surface area contributed by atoms with E-state index in [0.29, 0.717) is 37.4 Å². The number of halogens is 1. The summed E-state index contributed by atoms with van der Waals surface area (Å²) in [5.74, 6) is -0.919. The topological polar surface area (TPSA) is 81.8 Å². The lowest BCUT2D eigenvalue weighted by atomic mass is 9.94. The second-order valence-electron chi connectivity index (χ2n) is 9.41. The zero-order valence-corrected chi connectivity index (χ0v) is 21.7. The highest BCUT2D eigenvalue weighted by Crippen LogP contribution is 2.28. The van der Waals surface area contributed by atoms with Gasteiger partial charge in [-0.1, -0.05) is 49.4 Å². The normalized spacial score (nSPS) is 14.1. The zero-order valence-electron chi connectivity index (χ0n) is 21.7. The van der Waals surface area contributed by atoms with Gasteiger partial charge >= 0.3 is 0 Å². The van der Waals surface area contributed by atoms with Gasteiger partial charge in [-0.3, -0.25) is 14.4 Å². The zero-order chi connectivity index (χ0) is 27.1. The third-order valence-corrected chi connectivity index (χ3v) is 6.77. The van der Waals surface area contributed by atoms with Crippen molar-refractivity contribution in [1.29, 1.82) is 0 Å². The third-order valence-electron chi connectivity index (χ3n) is 6.77. The number of nitrogens with zero attached hydrogens (tertiary/aromatic N) is 2. The van der Waals surface area contributed by atoms with Crippen molar-refractivity contribution < 1.29 is 18.8 Å². The molecule has 0 aromatic heterocycles. The fourth-order valence-electron chi connectivity index (χ4n) is 4.78. The van der Waals surface area contributed by atoms with Crippen molar-refractivity contribution in [2.45, 2.75) is 32.7 Å². The maximum Gasteiger partial charge on any atom is 0.253 e. The summed E-state index contributed by atoms with van der Waals surface area (Å²) in [6.45, 7) is 5.93. The van der Waals surface area contributed by atoms with Crippen LogP contribution in [0.2, 0.25) is 0 Å². The molecule has 1 fully saturated rings. The van der Waals surface area contributed by atoms with Gasteiger partial charge in [0.25, 0.3) is 5.91 Å². The van der Waals surface area contributed by atoms with Gasteiger partial charge in [-0.2, -0.15) is 0 Å². The van der Waals surface area contributed by atoms with Crippen LogP contribution in [0.3, 0.4) is 0 Å². The van der Waals surface area contributed by atoms with Crippen LogP contribution in [-0.2, 0) is 16.1 Å². The Balaban J connectivity index is 1.48. The SMILES string of the molecule is CC[C@@H](C(=O)N1CCN(c2ccc(NC(C)=O)cc2C(=O)NCc2ccc(F)cc2)CC1)c1ccccc1. The Hall–Kier alpha value is -4.20. The molecule has 0 saturated carbocycles. The summed E-state index contributed by atoms with van der Waals surface area (Å²) in [7, 11) is 0. The average Bonchev–Trinajstić information content (AvgIpc) is 2.93. The van der Waals surface area contributed by atoms with Crippen LogP contribution >= 0.6 is 0 Å². The van der Waals surface area contributed by atoms with Crippen LogP contribution in [0, 0.1) is 5.82 Å². The first-order chi connectivity index (χ1) is 18.4. The number of rotatable bonds is 8. The van der Waals surface area contributed by atoms with Gasteiger partial charge < -0.3 is 20.4 Å². The molecule has 3 aromatic carbocycles. The maximum absolute atomic E-state index is 13.3. The Morgan fingerprint density at radius 2 is 1.61 bits per heavy atom. The second kappa shape index (κ2) is 12.4. The van der Waals surface area contributed by atoms with Gasteiger partial charge in [-0.25, -0.2) is 4.39 Å². The first-order valence-electron chi connectivity index (χ1n) is 12.9. The molecular formula is C30H33FN4O3. The molecule has 38 heavy (non-hydrogen) atoms. The number of nitrogens with one attached hydrogen (secondary N) is 2. The number of amides is 3. The van der Waals surface area contributed by atoms with E-state index in [9.17, 15) is 18.8 Å². The minimum absolute atomic E-state index is 0.122. The van der Waals surface area contributed by atoms with Crippen molar-refractivity contribution in [3.63, 3.8) is 0 Å². The van der Waals surface area contributed by atoms with E-state index in [2.05, 4.69) is 15.5 Å². The number of carbonyl (C=O) groups excluding carboxylic acids is 3. The van der Waals surface area contributed by atoms with Crippen LogP contribution in [0.1, 0.15) is 47.7 Å². The maximum atomic E-state index is 13.3. The smallest absolute Gasteiger partial charge is 0.253 e. The molecule has 3 aromatic rings. The fraction of sp³-hybridized carbons (Fsp3) is 0.300. The number of carbonyl (C=O) groups is 3. The van der Waals surface area contributed by atoms with Crippen LogP contribution in [0.15, 0.2) is 72.8 Å². The highest BCUT2D eigenvalue weighted by molar-refractivity contribution is 6.02. The molecule has 0 unspecified atom stereocenters. The van der Waals surface area contributed by atoms with Gasteiger partial charge in [-0.15, -0.1) is 0 Å². The molecule has 198 valence electrons. The van der Waals surface area contributed by atoms with Crippen molar-refractivity contribution in [1.82, 2.24) is 10.2 Å². The molecule has 1 heterocycles. The third kappa shape index (κ3) is 6.56. The number of hydrogen-bond acceptors (Lipinski definition) is 4. The van der Waals surface area contributed by atoms with Gasteiger partial charge in [-0.05, 0) is 47.9 Å². The Kier molecular flexibility index (Phi) is 8.73. The Morgan fingerprint density at radius 3 is 2.24 bits per heavy atom. The fourth-order valence-corrected chi connectivity index (χ4v) is 4.78. The van der Waals surface area contributed by atoms with Crippen LogP contribution in [0.25, 0.3) is 0 Å². The monoisotopic (exact) mass is 516 g/mol. The molecule has 8 heteroatoms. The summed E-state index contributed by atoms with van der Waals surface area (Å²) in [4.78, 5) is 42.2.